The Bertz CT molecular complexity index is 1660. The van der Waals surface area contributed by atoms with Gasteiger partial charge in [0.1, 0.15) is 17.5 Å². The zero-order valence-electron chi connectivity index (χ0n) is 20.1. The van der Waals surface area contributed by atoms with Gasteiger partial charge in [-0.25, -0.2) is 9.98 Å². The molecule has 0 aliphatic carbocycles. The summed E-state index contributed by atoms with van der Waals surface area (Å²) in [6, 6.07) is 17.7. The Hall–Kier alpha value is -4.09. The molecule has 0 saturated heterocycles. The van der Waals surface area contributed by atoms with Crippen molar-refractivity contribution in [2.75, 3.05) is 0 Å². The van der Waals surface area contributed by atoms with E-state index in [0.29, 0.717) is 41.1 Å². The third-order valence-electron chi connectivity index (χ3n) is 6.27. The number of carbonyl (C=O) groups excluding carboxylic acids is 2. The fraction of sp³-hybridized carbons (Fsp3) is 0.185. The van der Waals surface area contributed by atoms with Gasteiger partial charge in [-0.3, -0.25) is 23.7 Å². The Morgan fingerprint density at radius 3 is 2.79 bits per heavy atom. The van der Waals surface area contributed by atoms with Gasteiger partial charge in [-0.15, -0.1) is 11.3 Å². The van der Waals surface area contributed by atoms with Crippen LogP contribution in [0.5, 0.6) is 0 Å². The van der Waals surface area contributed by atoms with Crippen LogP contribution in [0, 0.1) is 0 Å². The third kappa shape index (κ3) is 4.77. The molecule has 1 atom stereocenters. The highest BCUT2D eigenvalue weighted by Gasteiger charge is 2.41. The summed E-state index contributed by atoms with van der Waals surface area (Å²) in [6.45, 7) is 0.468. The molecule has 190 valence electrons. The number of fused-ring (bicyclic) bond motifs is 4. The van der Waals surface area contributed by atoms with E-state index in [0.717, 1.165) is 16.1 Å². The number of para-hydroxylation sites is 1. The van der Waals surface area contributed by atoms with E-state index in [4.69, 9.17) is 4.99 Å². The second-order valence-electron chi connectivity index (χ2n) is 8.77. The molecule has 0 saturated carbocycles. The number of nitrogens with zero attached hydrogens (tertiary/aromatic N) is 5. The number of aromatic nitrogens is 2. The number of carbonyl (C=O) groups is 2. The second-order valence-corrected chi connectivity index (χ2v) is 10.7. The van der Waals surface area contributed by atoms with Crippen LogP contribution in [0.25, 0.3) is 5.65 Å². The minimum absolute atomic E-state index is 0.121. The van der Waals surface area contributed by atoms with E-state index in [1.807, 2.05) is 52.7 Å². The van der Waals surface area contributed by atoms with Crippen LogP contribution in [0.1, 0.15) is 29.0 Å². The van der Waals surface area contributed by atoms with Crippen molar-refractivity contribution in [1.82, 2.24) is 19.6 Å². The van der Waals surface area contributed by atoms with E-state index < -0.39 is 6.04 Å². The number of thiophene rings is 1. The van der Waals surface area contributed by atoms with Crippen LogP contribution >= 0.6 is 23.1 Å². The Balaban J connectivity index is 1.22. The van der Waals surface area contributed by atoms with Gasteiger partial charge >= 0.3 is 0 Å². The van der Waals surface area contributed by atoms with E-state index in [2.05, 4.69) is 15.3 Å². The fourth-order valence-electron chi connectivity index (χ4n) is 4.45. The summed E-state index contributed by atoms with van der Waals surface area (Å²) in [4.78, 5) is 54.8. The highest BCUT2D eigenvalue weighted by molar-refractivity contribution is 8.13. The minimum Gasteiger partial charge on any atom is -0.351 e. The first-order valence-corrected chi connectivity index (χ1v) is 13.9. The first-order valence-electron chi connectivity index (χ1n) is 12.1. The van der Waals surface area contributed by atoms with Crippen LogP contribution in [0.3, 0.4) is 0 Å². The van der Waals surface area contributed by atoms with Gasteiger partial charge in [0.2, 0.25) is 5.91 Å². The highest BCUT2D eigenvalue weighted by atomic mass is 32.2. The van der Waals surface area contributed by atoms with Crippen molar-refractivity contribution in [3.8, 4) is 0 Å². The monoisotopic (exact) mass is 542 g/mol. The largest absolute Gasteiger partial charge is 0.351 e. The number of amides is 2. The molecule has 11 heteroatoms. The van der Waals surface area contributed by atoms with E-state index in [-0.39, 0.29) is 23.8 Å². The predicted molar refractivity (Wildman–Crippen MR) is 149 cm³/mol. The van der Waals surface area contributed by atoms with Crippen molar-refractivity contribution < 1.29 is 9.59 Å². The van der Waals surface area contributed by atoms with Gasteiger partial charge in [-0.2, -0.15) is 4.99 Å². The summed E-state index contributed by atoms with van der Waals surface area (Å²) < 4.78 is 1.49. The average Bonchev–Trinajstić information content (AvgIpc) is 3.57. The molecule has 5 heterocycles. The van der Waals surface area contributed by atoms with Crippen LogP contribution in [-0.2, 0) is 21.9 Å². The molecule has 1 N–H and O–H groups in total. The maximum absolute atomic E-state index is 13.0. The van der Waals surface area contributed by atoms with Gasteiger partial charge in [0.05, 0.1) is 17.9 Å². The van der Waals surface area contributed by atoms with Crippen LogP contribution in [0.2, 0.25) is 0 Å². The lowest BCUT2D eigenvalue weighted by atomic mass is 10.1. The SMILES string of the molecule is O=C(CCC1C(=O)N=C2c3ccccc3N=C(SCc3cc(=O)n4ccccc4n3)N21)NCc1cccs1. The van der Waals surface area contributed by atoms with E-state index >= 15 is 0 Å². The van der Waals surface area contributed by atoms with Gasteiger partial charge in [0.15, 0.2) is 5.17 Å². The maximum Gasteiger partial charge on any atom is 0.270 e. The number of pyridine rings is 1. The van der Waals surface area contributed by atoms with Crippen molar-refractivity contribution in [3.05, 3.63) is 98.7 Å². The average molecular weight is 543 g/mol. The Morgan fingerprint density at radius 2 is 1.92 bits per heavy atom. The lowest BCUT2D eigenvalue weighted by Crippen LogP contribution is -2.44. The van der Waals surface area contributed by atoms with E-state index in [9.17, 15) is 14.4 Å². The Labute approximate surface area is 226 Å². The molecule has 0 bridgehead atoms. The first-order chi connectivity index (χ1) is 18.6. The van der Waals surface area contributed by atoms with Crippen LogP contribution in [0.15, 0.2) is 87.0 Å². The van der Waals surface area contributed by atoms with E-state index in [1.54, 1.807) is 29.7 Å². The van der Waals surface area contributed by atoms with Crippen LogP contribution < -0.4 is 10.9 Å². The molecule has 4 aromatic rings. The normalized spacial score (nSPS) is 16.2. The predicted octanol–water partition coefficient (Wildman–Crippen LogP) is 3.74. The summed E-state index contributed by atoms with van der Waals surface area (Å²) in [5.41, 5.74) is 2.51. The fourth-order valence-corrected chi connectivity index (χ4v) is 6.03. The van der Waals surface area contributed by atoms with E-state index in [1.165, 1.54) is 22.2 Å². The number of aliphatic imine (C=N–C) groups is 2. The number of nitrogens with one attached hydrogen (secondary N) is 1. The van der Waals surface area contributed by atoms with Crippen molar-refractivity contribution in [2.24, 2.45) is 9.98 Å². The van der Waals surface area contributed by atoms with Crippen LogP contribution in [0.4, 0.5) is 5.69 Å². The quantitative estimate of drug-likeness (QED) is 0.381. The molecule has 0 spiro atoms. The van der Waals surface area contributed by atoms with Crippen molar-refractivity contribution in [1.29, 1.82) is 0 Å². The molecule has 3 aromatic heterocycles. The summed E-state index contributed by atoms with van der Waals surface area (Å²) in [6.07, 6.45) is 2.17. The van der Waals surface area contributed by atoms with Crippen molar-refractivity contribution >= 4 is 57.3 Å². The molecule has 38 heavy (non-hydrogen) atoms. The number of hydrogen-bond acceptors (Lipinski definition) is 8. The molecule has 0 fully saturated rings. The molecule has 2 amide bonds. The molecule has 2 aliphatic rings. The van der Waals surface area contributed by atoms with Gasteiger partial charge in [0, 0.05) is 34.9 Å². The molecule has 1 aromatic carbocycles. The maximum atomic E-state index is 13.0. The van der Waals surface area contributed by atoms with Crippen molar-refractivity contribution in [2.45, 2.75) is 31.2 Å². The van der Waals surface area contributed by atoms with Gasteiger partial charge in [0.25, 0.3) is 11.5 Å². The molecular weight excluding hydrogens is 520 g/mol. The van der Waals surface area contributed by atoms with Crippen LogP contribution in [-0.4, -0.2) is 43.1 Å². The lowest BCUT2D eigenvalue weighted by Gasteiger charge is -2.31. The number of amidine groups is 2. The molecule has 9 nitrogen and oxygen atoms in total. The van der Waals surface area contributed by atoms with Gasteiger partial charge in [-0.05, 0) is 42.1 Å². The molecular formula is C27H22N6O3S2. The molecule has 1 unspecified atom stereocenters. The van der Waals surface area contributed by atoms with Gasteiger partial charge in [-0.1, -0.05) is 36.0 Å². The minimum atomic E-state index is -0.632. The Kier molecular flexibility index (Phi) is 6.61. The summed E-state index contributed by atoms with van der Waals surface area (Å²) in [5, 5.41) is 5.48. The van der Waals surface area contributed by atoms with Crippen molar-refractivity contribution in [3.63, 3.8) is 0 Å². The smallest absolute Gasteiger partial charge is 0.270 e. The topological polar surface area (TPSA) is 108 Å². The highest BCUT2D eigenvalue weighted by Crippen LogP contribution is 2.35. The van der Waals surface area contributed by atoms with Gasteiger partial charge < -0.3 is 5.32 Å². The number of rotatable bonds is 7. The lowest BCUT2D eigenvalue weighted by molar-refractivity contribution is -0.122. The number of benzene rings is 1. The third-order valence-corrected chi connectivity index (χ3v) is 8.13. The summed E-state index contributed by atoms with van der Waals surface area (Å²) in [5.74, 6) is 0.508. The zero-order valence-corrected chi connectivity index (χ0v) is 21.7. The Morgan fingerprint density at radius 1 is 1.05 bits per heavy atom. The summed E-state index contributed by atoms with van der Waals surface area (Å²) in [7, 11) is 0. The molecule has 6 rings (SSSR count). The number of hydrogen-bond donors (Lipinski definition) is 1. The molecule has 0 radical (unpaired) electrons. The summed E-state index contributed by atoms with van der Waals surface area (Å²) >= 11 is 2.97. The first kappa shape index (κ1) is 24.3. The zero-order chi connectivity index (χ0) is 26.1. The standard InChI is InChI=1S/C27H22N6O3S2/c34-23(28-15-18-6-5-13-37-18)11-10-21-26(36)31-25-19-7-1-2-8-20(19)30-27(33(21)25)38-16-17-14-24(35)32-12-4-3-9-22(32)29-17/h1-9,12-14,21H,10-11,15-16H2,(H,28,34). The second kappa shape index (κ2) is 10.3. The molecule has 2 aliphatic heterocycles. The number of thioether (sulfide) groups is 1.